The summed E-state index contributed by atoms with van der Waals surface area (Å²) in [5.41, 5.74) is 14.6. The van der Waals surface area contributed by atoms with Crippen molar-refractivity contribution in [1.29, 1.82) is 0 Å². The Morgan fingerprint density at radius 3 is 1.31 bits per heavy atom. The van der Waals surface area contributed by atoms with E-state index in [-0.39, 0.29) is 0 Å². The summed E-state index contributed by atoms with van der Waals surface area (Å²) in [6, 6.07) is 62.2. The van der Waals surface area contributed by atoms with Gasteiger partial charge in [-0.15, -0.1) is 0 Å². The van der Waals surface area contributed by atoms with Gasteiger partial charge in [0.25, 0.3) is 0 Å². The molecule has 59 heavy (non-hydrogen) atoms. The van der Waals surface area contributed by atoms with Gasteiger partial charge in [-0.2, -0.15) is 0 Å². The summed E-state index contributed by atoms with van der Waals surface area (Å²) in [7, 11) is 0. The second-order valence-electron chi connectivity index (χ2n) is 13.9. The van der Waals surface area contributed by atoms with Gasteiger partial charge >= 0.3 is 0 Å². The maximum atomic E-state index is 6.09. The molecule has 8 aromatic rings. The average Bonchev–Trinajstić information content (AvgIpc) is 3.69. The summed E-state index contributed by atoms with van der Waals surface area (Å²) in [5.74, 6) is 0. The largest absolute Gasteiger partial charge is 0.456 e. The molecule has 306 valence electrons. The van der Waals surface area contributed by atoms with Gasteiger partial charge in [0.2, 0.25) is 0 Å². The molecule has 0 atom stereocenters. The molecular weight excluding hydrogens is 713 g/mol. The first-order valence-electron chi connectivity index (χ1n) is 21.9. The molecule has 0 aliphatic heterocycles. The Hall–Kier alpha value is -5.92. The van der Waals surface area contributed by atoms with Crippen LogP contribution in [0.2, 0.25) is 0 Å². The van der Waals surface area contributed by atoms with E-state index in [9.17, 15) is 0 Å². The van der Waals surface area contributed by atoms with E-state index in [4.69, 9.17) is 4.42 Å². The predicted molar refractivity (Wildman–Crippen MR) is 264 cm³/mol. The van der Waals surface area contributed by atoms with Crippen LogP contribution in [-0.4, -0.2) is 0 Å². The third-order valence-corrected chi connectivity index (χ3v) is 9.16. The Balaban J connectivity index is 0.000000321. The smallest absolute Gasteiger partial charge is 0.135 e. The molecule has 0 saturated heterocycles. The molecule has 0 spiro atoms. The van der Waals surface area contributed by atoms with Gasteiger partial charge in [0, 0.05) is 10.8 Å². The molecule has 0 unspecified atom stereocenters. The number of furan rings is 1. The zero-order valence-electron chi connectivity index (χ0n) is 37.6. The highest BCUT2D eigenvalue weighted by molar-refractivity contribution is 6.04. The molecule has 0 amide bonds. The van der Waals surface area contributed by atoms with Crippen molar-refractivity contribution in [2.45, 2.75) is 94.9 Å². The number of fused-ring (bicyclic) bond motifs is 3. The minimum Gasteiger partial charge on any atom is -0.456 e. The number of hydrogen-bond acceptors (Lipinski definition) is 1. The number of para-hydroxylation sites is 1. The Morgan fingerprint density at radius 1 is 0.407 bits per heavy atom. The van der Waals surface area contributed by atoms with Crippen molar-refractivity contribution < 1.29 is 4.42 Å². The van der Waals surface area contributed by atoms with Gasteiger partial charge in [0.1, 0.15) is 11.2 Å². The van der Waals surface area contributed by atoms with Crippen molar-refractivity contribution in [3.05, 3.63) is 199 Å². The van der Waals surface area contributed by atoms with Crippen molar-refractivity contribution >= 4 is 27.5 Å². The number of hydrogen-bond donors (Lipinski definition) is 0. The normalized spacial score (nSPS) is 10.2. The number of rotatable bonds is 7. The molecule has 0 aliphatic rings. The maximum absolute atomic E-state index is 6.09. The lowest BCUT2D eigenvalue weighted by molar-refractivity contribution is 0.668. The summed E-state index contributed by atoms with van der Waals surface area (Å²) < 4.78 is 6.09. The molecule has 7 aromatic carbocycles. The fourth-order valence-corrected chi connectivity index (χ4v) is 6.30. The second kappa shape index (κ2) is 26.9. The average molecular weight is 781 g/mol. The first-order chi connectivity index (χ1) is 29.0. The number of benzene rings is 7. The highest BCUT2D eigenvalue weighted by Gasteiger charge is 2.09. The zero-order chi connectivity index (χ0) is 42.8. The van der Waals surface area contributed by atoms with E-state index in [1.807, 2.05) is 45.9 Å². The standard InChI is InChI=1S/C34H26O.C14H14.2C3H8.2C2H6/c1-24(16-17-25-18-19-32-31-14-8-9-15-33(31)35-34(32)20-25)28-21-29(26-10-4-2-5-11-26)23-30(22-28)27-12-6-3-7-13-27;1-2-12-8-10-14(11-9-12)13-6-4-3-5-7-13;2*1-3-2;2*1-2/h2-16,18-23H,17H2,1H3;3-11H,2H2,1H3;2*3H2,1-2H3;2*1-2H3/b24-16+;;;;;. The molecule has 1 heteroatoms. The lowest BCUT2D eigenvalue weighted by atomic mass is 9.93. The van der Waals surface area contributed by atoms with Crippen LogP contribution in [0, 0.1) is 0 Å². The van der Waals surface area contributed by atoms with E-state index in [0.29, 0.717) is 0 Å². The molecule has 8 rings (SSSR count). The molecule has 0 saturated carbocycles. The van der Waals surface area contributed by atoms with E-state index in [1.165, 1.54) is 79.3 Å². The molecule has 0 bridgehead atoms. The van der Waals surface area contributed by atoms with E-state index in [2.05, 4.69) is 205 Å². The van der Waals surface area contributed by atoms with Gasteiger partial charge in [-0.1, -0.05) is 227 Å². The Bertz CT molecular complexity index is 2290. The van der Waals surface area contributed by atoms with Crippen LogP contribution in [0.25, 0.3) is 60.9 Å². The quantitative estimate of drug-likeness (QED) is 0.157. The number of allylic oxidation sites excluding steroid dienone is 2. The molecule has 1 nitrogen and oxygen atoms in total. The lowest BCUT2D eigenvalue weighted by Crippen LogP contribution is -1.89. The van der Waals surface area contributed by atoms with Gasteiger partial charge < -0.3 is 4.42 Å². The second-order valence-corrected chi connectivity index (χ2v) is 13.9. The van der Waals surface area contributed by atoms with Crippen LogP contribution in [0.5, 0.6) is 0 Å². The van der Waals surface area contributed by atoms with Crippen LogP contribution in [-0.2, 0) is 12.8 Å². The first-order valence-corrected chi connectivity index (χ1v) is 21.9. The van der Waals surface area contributed by atoms with E-state index >= 15 is 0 Å². The Kier molecular flexibility index (Phi) is 21.6. The van der Waals surface area contributed by atoms with Crippen LogP contribution >= 0.6 is 0 Å². The van der Waals surface area contributed by atoms with E-state index in [0.717, 1.165) is 24.0 Å². The fraction of sp³-hybridized carbons (Fsp3) is 0.241. The molecule has 0 radical (unpaired) electrons. The van der Waals surface area contributed by atoms with Gasteiger partial charge in [-0.25, -0.2) is 0 Å². The summed E-state index contributed by atoms with van der Waals surface area (Å²) >= 11 is 0. The fourth-order valence-electron chi connectivity index (χ4n) is 6.30. The van der Waals surface area contributed by atoms with E-state index in [1.54, 1.807) is 0 Å². The third kappa shape index (κ3) is 14.4. The summed E-state index contributed by atoms with van der Waals surface area (Å²) in [5, 5.41) is 2.35. The maximum Gasteiger partial charge on any atom is 0.135 e. The Labute approximate surface area is 357 Å². The van der Waals surface area contributed by atoms with Gasteiger partial charge in [-0.3, -0.25) is 0 Å². The predicted octanol–water partition coefficient (Wildman–Crippen LogP) is 18.4. The number of aryl methyl sites for hydroxylation is 1. The monoisotopic (exact) mass is 781 g/mol. The molecule has 1 heterocycles. The highest BCUT2D eigenvalue weighted by Crippen LogP contribution is 2.32. The summed E-state index contributed by atoms with van der Waals surface area (Å²) in [4.78, 5) is 0. The van der Waals surface area contributed by atoms with Crippen molar-refractivity contribution in [3.63, 3.8) is 0 Å². The lowest BCUT2D eigenvalue weighted by Gasteiger charge is -2.12. The third-order valence-electron chi connectivity index (χ3n) is 9.16. The van der Waals surface area contributed by atoms with Crippen molar-refractivity contribution in [2.24, 2.45) is 0 Å². The van der Waals surface area contributed by atoms with Crippen LogP contribution in [0.1, 0.15) is 98.8 Å². The first kappa shape index (κ1) is 47.5. The van der Waals surface area contributed by atoms with Crippen molar-refractivity contribution in [2.75, 3.05) is 0 Å². The summed E-state index contributed by atoms with van der Waals surface area (Å²) in [6.45, 7) is 20.9. The van der Waals surface area contributed by atoms with Crippen LogP contribution in [0.4, 0.5) is 0 Å². The molecule has 0 fully saturated rings. The molecule has 1 aromatic heterocycles. The topological polar surface area (TPSA) is 13.1 Å². The summed E-state index contributed by atoms with van der Waals surface area (Å²) in [6.07, 6.45) is 6.78. The molecule has 0 aliphatic carbocycles. The molecular formula is C58H68O. The van der Waals surface area contributed by atoms with Crippen molar-refractivity contribution in [3.8, 4) is 33.4 Å². The minimum absolute atomic E-state index is 0.856. The van der Waals surface area contributed by atoms with Gasteiger partial charge in [0.05, 0.1) is 0 Å². The SMILES string of the molecule is C/C(=C\Cc1ccc2c(c1)oc1ccccc12)c1cc(-c2ccccc2)cc(-c2ccccc2)c1.CC.CC.CCC.CCC.CCc1ccc(-c2ccccc2)cc1. The van der Waals surface area contributed by atoms with Gasteiger partial charge in [0.15, 0.2) is 0 Å². The van der Waals surface area contributed by atoms with Crippen LogP contribution in [0.3, 0.4) is 0 Å². The van der Waals surface area contributed by atoms with E-state index < -0.39 is 0 Å². The van der Waals surface area contributed by atoms with Crippen LogP contribution < -0.4 is 0 Å². The van der Waals surface area contributed by atoms with Gasteiger partial charge in [-0.05, 0) is 106 Å². The van der Waals surface area contributed by atoms with Crippen LogP contribution in [0.15, 0.2) is 186 Å². The van der Waals surface area contributed by atoms with Crippen molar-refractivity contribution in [1.82, 2.24) is 0 Å². The zero-order valence-corrected chi connectivity index (χ0v) is 37.6. The highest BCUT2D eigenvalue weighted by atomic mass is 16.3. The molecule has 0 N–H and O–H groups in total. The minimum atomic E-state index is 0.856. The Morgan fingerprint density at radius 2 is 0.814 bits per heavy atom.